The van der Waals surface area contributed by atoms with Gasteiger partial charge in [-0.25, -0.2) is 4.79 Å². The molecule has 0 aliphatic heterocycles. The second kappa shape index (κ2) is 8.37. The van der Waals surface area contributed by atoms with Gasteiger partial charge in [0.15, 0.2) is 0 Å². The van der Waals surface area contributed by atoms with Gasteiger partial charge in [-0.1, -0.05) is 6.07 Å². The van der Waals surface area contributed by atoms with Gasteiger partial charge in [0.25, 0.3) is 0 Å². The summed E-state index contributed by atoms with van der Waals surface area (Å²) in [5.41, 5.74) is 7.55. The van der Waals surface area contributed by atoms with Crippen LogP contribution in [-0.4, -0.2) is 32.3 Å². The van der Waals surface area contributed by atoms with Crippen LogP contribution in [0.2, 0.25) is 0 Å². The fourth-order valence-corrected chi connectivity index (χ4v) is 1.68. The van der Waals surface area contributed by atoms with Gasteiger partial charge in [0, 0.05) is 19.8 Å². The maximum Gasteiger partial charge on any atom is 0.340 e. The maximum atomic E-state index is 11.8. The van der Waals surface area contributed by atoms with Crippen LogP contribution in [0.1, 0.15) is 30.6 Å². The van der Waals surface area contributed by atoms with Crippen molar-refractivity contribution in [2.24, 2.45) is 0 Å². The average molecular weight is 266 g/mol. The van der Waals surface area contributed by atoms with Crippen molar-refractivity contribution >= 4 is 17.3 Å². The van der Waals surface area contributed by atoms with Crippen molar-refractivity contribution in [2.45, 2.75) is 20.3 Å². The Kier molecular flexibility index (Phi) is 6.74. The van der Waals surface area contributed by atoms with Gasteiger partial charge < -0.3 is 20.5 Å². The topological polar surface area (TPSA) is 73.6 Å². The molecule has 0 amide bonds. The number of nitrogens with two attached hydrogens (primary N) is 1. The molecule has 1 rings (SSSR count). The highest BCUT2D eigenvalue weighted by molar-refractivity contribution is 5.98. The van der Waals surface area contributed by atoms with Crippen LogP contribution in [0.5, 0.6) is 0 Å². The number of benzene rings is 1. The summed E-state index contributed by atoms with van der Waals surface area (Å²) in [4.78, 5) is 11.8. The fourth-order valence-electron chi connectivity index (χ4n) is 1.68. The summed E-state index contributed by atoms with van der Waals surface area (Å²) >= 11 is 0. The number of esters is 1. The first-order valence-corrected chi connectivity index (χ1v) is 6.57. The Morgan fingerprint density at radius 3 is 2.79 bits per heavy atom. The second-order valence-electron chi connectivity index (χ2n) is 3.97. The predicted molar refractivity (Wildman–Crippen MR) is 76.4 cm³/mol. The van der Waals surface area contributed by atoms with Crippen molar-refractivity contribution in [1.82, 2.24) is 0 Å². The molecule has 0 atom stereocenters. The summed E-state index contributed by atoms with van der Waals surface area (Å²) in [6.45, 7) is 6.17. The van der Waals surface area contributed by atoms with Gasteiger partial charge >= 0.3 is 5.97 Å². The molecule has 1 aromatic rings. The van der Waals surface area contributed by atoms with E-state index in [1.54, 1.807) is 25.1 Å². The normalized spacial score (nSPS) is 10.2. The van der Waals surface area contributed by atoms with Crippen molar-refractivity contribution in [3.05, 3.63) is 23.8 Å². The first-order valence-electron chi connectivity index (χ1n) is 6.57. The number of para-hydroxylation sites is 1. The van der Waals surface area contributed by atoms with Gasteiger partial charge in [-0.3, -0.25) is 0 Å². The lowest BCUT2D eigenvalue weighted by atomic mass is 10.1. The molecular formula is C14H22N2O3. The Hall–Kier alpha value is -1.75. The molecule has 19 heavy (non-hydrogen) atoms. The lowest BCUT2D eigenvalue weighted by molar-refractivity contribution is 0.0527. The van der Waals surface area contributed by atoms with E-state index < -0.39 is 0 Å². The van der Waals surface area contributed by atoms with E-state index in [0.29, 0.717) is 43.3 Å². The minimum absolute atomic E-state index is 0.345. The summed E-state index contributed by atoms with van der Waals surface area (Å²) in [6.07, 6.45) is 0.852. The number of ether oxygens (including phenoxy) is 2. The van der Waals surface area contributed by atoms with E-state index in [4.69, 9.17) is 15.2 Å². The third kappa shape index (κ3) is 4.79. The van der Waals surface area contributed by atoms with E-state index in [1.165, 1.54) is 0 Å². The van der Waals surface area contributed by atoms with Gasteiger partial charge in [-0.05, 0) is 32.4 Å². The minimum atomic E-state index is -0.359. The fraction of sp³-hybridized carbons (Fsp3) is 0.500. The van der Waals surface area contributed by atoms with Crippen molar-refractivity contribution in [3.8, 4) is 0 Å². The van der Waals surface area contributed by atoms with Crippen LogP contribution in [-0.2, 0) is 9.47 Å². The average Bonchev–Trinajstić information content (AvgIpc) is 2.40. The summed E-state index contributed by atoms with van der Waals surface area (Å²) in [6, 6.07) is 5.21. The molecule has 106 valence electrons. The quantitative estimate of drug-likeness (QED) is 0.429. The molecule has 0 bridgehead atoms. The molecule has 5 nitrogen and oxygen atoms in total. The Bertz CT molecular complexity index is 408. The molecule has 0 saturated heterocycles. The largest absolute Gasteiger partial charge is 0.462 e. The highest BCUT2D eigenvalue weighted by Crippen LogP contribution is 2.24. The van der Waals surface area contributed by atoms with Crippen LogP contribution in [0.4, 0.5) is 11.4 Å². The molecule has 0 aliphatic rings. The van der Waals surface area contributed by atoms with Gasteiger partial charge in [-0.2, -0.15) is 0 Å². The summed E-state index contributed by atoms with van der Waals surface area (Å²) in [5.74, 6) is -0.359. The summed E-state index contributed by atoms with van der Waals surface area (Å²) in [7, 11) is 0. The molecule has 0 heterocycles. The molecule has 0 fully saturated rings. The first-order chi connectivity index (χ1) is 9.20. The molecule has 0 radical (unpaired) electrons. The number of hydrogen-bond donors (Lipinski definition) is 2. The Morgan fingerprint density at radius 2 is 2.11 bits per heavy atom. The van der Waals surface area contributed by atoms with Crippen LogP contribution in [0.25, 0.3) is 0 Å². The number of nitrogen functional groups attached to an aromatic ring is 1. The first kappa shape index (κ1) is 15.3. The number of carbonyl (C=O) groups is 1. The molecule has 3 N–H and O–H groups in total. The standard InChI is InChI=1S/C14H22N2O3/c1-3-18-10-6-9-16-13-11(14(17)19-4-2)7-5-8-12(13)15/h5,7-8,16H,3-4,6,9-10,15H2,1-2H3. The van der Waals surface area contributed by atoms with Crippen molar-refractivity contribution in [2.75, 3.05) is 37.4 Å². The van der Waals surface area contributed by atoms with E-state index >= 15 is 0 Å². The highest BCUT2D eigenvalue weighted by Gasteiger charge is 2.14. The number of hydrogen-bond acceptors (Lipinski definition) is 5. The third-order valence-corrected chi connectivity index (χ3v) is 2.56. The molecule has 0 spiro atoms. The lowest BCUT2D eigenvalue weighted by Crippen LogP contribution is -2.13. The van der Waals surface area contributed by atoms with E-state index in [2.05, 4.69) is 5.32 Å². The molecule has 1 aromatic carbocycles. The van der Waals surface area contributed by atoms with E-state index in [9.17, 15) is 4.79 Å². The molecule has 0 aliphatic carbocycles. The van der Waals surface area contributed by atoms with Gasteiger partial charge in [0.2, 0.25) is 0 Å². The second-order valence-corrected chi connectivity index (χ2v) is 3.97. The van der Waals surface area contributed by atoms with E-state index in [-0.39, 0.29) is 5.97 Å². The molecule has 0 saturated carbocycles. The zero-order valence-electron chi connectivity index (χ0n) is 11.6. The Labute approximate surface area is 114 Å². The van der Waals surface area contributed by atoms with Crippen LogP contribution in [0, 0.1) is 0 Å². The van der Waals surface area contributed by atoms with Crippen LogP contribution in [0.3, 0.4) is 0 Å². The van der Waals surface area contributed by atoms with Crippen LogP contribution < -0.4 is 11.1 Å². The number of anilines is 2. The molecule has 0 unspecified atom stereocenters. The number of carbonyl (C=O) groups excluding carboxylic acids is 1. The predicted octanol–water partition coefficient (Wildman–Crippen LogP) is 2.28. The lowest BCUT2D eigenvalue weighted by Gasteiger charge is -2.13. The van der Waals surface area contributed by atoms with Crippen LogP contribution >= 0.6 is 0 Å². The van der Waals surface area contributed by atoms with Crippen molar-refractivity contribution in [1.29, 1.82) is 0 Å². The zero-order valence-corrected chi connectivity index (χ0v) is 11.6. The SMILES string of the molecule is CCOCCCNc1c(N)cccc1C(=O)OCC. The van der Waals surface area contributed by atoms with Gasteiger partial charge in [0.05, 0.1) is 23.5 Å². The van der Waals surface area contributed by atoms with Crippen molar-refractivity contribution < 1.29 is 14.3 Å². The van der Waals surface area contributed by atoms with E-state index in [1.807, 2.05) is 6.92 Å². The summed E-state index contributed by atoms with van der Waals surface area (Å²) in [5, 5.41) is 3.17. The Morgan fingerprint density at radius 1 is 1.32 bits per heavy atom. The molecular weight excluding hydrogens is 244 g/mol. The number of nitrogens with one attached hydrogen (secondary N) is 1. The molecule has 0 aromatic heterocycles. The smallest absolute Gasteiger partial charge is 0.340 e. The molecule has 5 heteroatoms. The summed E-state index contributed by atoms with van der Waals surface area (Å²) < 4.78 is 10.3. The van der Waals surface area contributed by atoms with Gasteiger partial charge in [-0.15, -0.1) is 0 Å². The van der Waals surface area contributed by atoms with E-state index in [0.717, 1.165) is 6.42 Å². The Balaban J connectivity index is 2.67. The monoisotopic (exact) mass is 266 g/mol. The maximum absolute atomic E-state index is 11.8. The van der Waals surface area contributed by atoms with Crippen molar-refractivity contribution in [3.63, 3.8) is 0 Å². The minimum Gasteiger partial charge on any atom is -0.462 e. The van der Waals surface area contributed by atoms with Gasteiger partial charge in [0.1, 0.15) is 0 Å². The third-order valence-electron chi connectivity index (χ3n) is 2.56. The highest BCUT2D eigenvalue weighted by atomic mass is 16.5. The zero-order chi connectivity index (χ0) is 14.1. The number of rotatable bonds is 8. The van der Waals surface area contributed by atoms with Crippen LogP contribution in [0.15, 0.2) is 18.2 Å².